The molecule has 0 spiro atoms. The molecule has 1 aromatic rings. The van der Waals surface area contributed by atoms with Crippen molar-refractivity contribution in [2.75, 3.05) is 19.6 Å². The Morgan fingerprint density at radius 3 is 2.78 bits per heavy atom. The molecule has 1 amide bonds. The first kappa shape index (κ1) is 12.8. The molecule has 0 unspecified atom stereocenters. The average molecular weight is 271 g/mol. The summed E-state index contributed by atoms with van der Waals surface area (Å²) in [5, 5.41) is 2.58. The summed E-state index contributed by atoms with van der Waals surface area (Å²) in [4.78, 5) is 25.1. The number of sulfonamides is 1. The molecule has 1 aromatic heterocycles. The third-order valence-corrected chi connectivity index (χ3v) is 4.50. The highest BCUT2D eigenvalue weighted by Crippen LogP contribution is 2.12. The van der Waals surface area contributed by atoms with Gasteiger partial charge in [0.1, 0.15) is 4.90 Å². The quantitative estimate of drug-likeness (QED) is 0.712. The zero-order chi connectivity index (χ0) is 13.2. The maximum absolute atomic E-state index is 12.2. The molecule has 18 heavy (non-hydrogen) atoms. The molecule has 0 aliphatic carbocycles. The molecule has 1 aliphatic rings. The molecule has 1 saturated heterocycles. The molecule has 98 valence electrons. The van der Waals surface area contributed by atoms with Gasteiger partial charge >= 0.3 is 0 Å². The average Bonchev–Trinajstić information content (AvgIpc) is 2.54. The van der Waals surface area contributed by atoms with Crippen LogP contribution in [-0.4, -0.2) is 43.2 Å². The van der Waals surface area contributed by atoms with Gasteiger partial charge in [0, 0.05) is 31.5 Å². The van der Waals surface area contributed by atoms with Crippen molar-refractivity contribution >= 4 is 15.9 Å². The monoisotopic (exact) mass is 271 g/mol. The van der Waals surface area contributed by atoms with E-state index in [2.05, 4.69) is 10.3 Å². The van der Waals surface area contributed by atoms with Gasteiger partial charge in [0.15, 0.2) is 0 Å². The largest absolute Gasteiger partial charge is 0.366 e. The fourth-order valence-electron chi connectivity index (χ4n) is 1.73. The van der Waals surface area contributed by atoms with E-state index in [9.17, 15) is 18.0 Å². The zero-order valence-electron chi connectivity index (χ0n) is 9.55. The lowest BCUT2D eigenvalue weighted by atomic mass is 10.4. The second-order valence-corrected chi connectivity index (χ2v) is 5.82. The number of aromatic amines is 1. The molecule has 1 fully saturated rings. The van der Waals surface area contributed by atoms with Gasteiger partial charge in [-0.05, 0) is 6.42 Å². The summed E-state index contributed by atoms with van der Waals surface area (Å²) in [7, 11) is -3.92. The standard InChI is InChI=1S/C10H13N3O4S/c14-8-2-4-11-6-9(8)18(16,17)13-5-1-3-12-10(15)7-13/h2,4,6H,1,3,5,7H2,(H,11,14)(H,12,15). The van der Waals surface area contributed by atoms with Gasteiger partial charge in [0.05, 0.1) is 6.54 Å². The van der Waals surface area contributed by atoms with Crippen LogP contribution in [0.1, 0.15) is 6.42 Å². The second-order valence-electron chi connectivity index (χ2n) is 3.91. The molecule has 0 aromatic carbocycles. The molecule has 1 aliphatic heterocycles. The first-order valence-electron chi connectivity index (χ1n) is 5.46. The van der Waals surface area contributed by atoms with Gasteiger partial charge in [-0.25, -0.2) is 8.42 Å². The summed E-state index contributed by atoms with van der Waals surface area (Å²) in [5.74, 6) is -0.358. The van der Waals surface area contributed by atoms with Gasteiger partial charge in [0.25, 0.3) is 0 Å². The van der Waals surface area contributed by atoms with E-state index in [4.69, 9.17) is 0 Å². The fourth-order valence-corrected chi connectivity index (χ4v) is 3.20. The summed E-state index contributed by atoms with van der Waals surface area (Å²) in [6, 6.07) is 1.14. The van der Waals surface area contributed by atoms with E-state index in [-0.39, 0.29) is 23.9 Å². The number of hydrogen-bond acceptors (Lipinski definition) is 4. The van der Waals surface area contributed by atoms with Crippen LogP contribution >= 0.6 is 0 Å². The van der Waals surface area contributed by atoms with Crippen molar-refractivity contribution in [2.24, 2.45) is 0 Å². The number of nitrogens with one attached hydrogen (secondary N) is 2. The Kier molecular flexibility index (Phi) is 3.48. The molecular formula is C10H13N3O4S. The van der Waals surface area contributed by atoms with Crippen molar-refractivity contribution in [2.45, 2.75) is 11.3 Å². The molecule has 2 N–H and O–H groups in total. The molecular weight excluding hydrogens is 258 g/mol. The summed E-state index contributed by atoms with van der Waals surface area (Å²) in [6.07, 6.45) is 3.02. The van der Waals surface area contributed by atoms with Crippen LogP contribution in [0.4, 0.5) is 0 Å². The Hall–Kier alpha value is -1.67. The smallest absolute Gasteiger partial charge is 0.248 e. The van der Waals surface area contributed by atoms with Crippen LogP contribution in [0.25, 0.3) is 0 Å². The van der Waals surface area contributed by atoms with Gasteiger partial charge in [-0.1, -0.05) is 0 Å². The minimum atomic E-state index is -3.92. The van der Waals surface area contributed by atoms with E-state index >= 15 is 0 Å². The molecule has 0 atom stereocenters. The summed E-state index contributed by atoms with van der Waals surface area (Å²) < 4.78 is 25.5. The number of carbonyl (C=O) groups excluding carboxylic acids is 1. The second kappa shape index (κ2) is 4.91. The third-order valence-electron chi connectivity index (χ3n) is 2.63. The number of amides is 1. The van der Waals surface area contributed by atoms with E-state index < -0.39 is 15.5 Å². The highest BCUT2D eigenvalue weighted by molar-refractivity contribution is 7.89. The lowest BCUT2D eigenvalue weighted by Crippen LogP contribution is -2.39. The predicted octanol–water partition coefficient (Wildman–Crippen LogP) is -1.11. The number of rotatable bonds is 2. The van der Waals surface area contributed by atoms with Gasteiger partial charge in [-0.2, -0.15) is 4.31 Å². The molecule has 0 saturated carbocycles. The topological polar surface area (TPSA) is 99.3 Å². The number of aromatic nitrogens is 1. The lowest BCUT2D eigenvalue weighted by Gasteiger charge is -2.17. The first-order chi connectivity index (χ1) is 8.51. The fraction of sp³-hybridized carbons (Fsp3) is 0.400. The van der Waals surface area contributed by atoms with Crippen molar-refractivity contribution in [3.63, 3.8) is 0 Å². The Morgan fingerprint density at radius 1 is 1.28 bits per heavy atom. The van der Waals surface area contributed by atoms with Crippen molar-refractivity contribution < 1.29 is 13.2 Å². The number of carbonyl (C=O) groups is 1. The van der Waals surface area contributed by atoms with E-state index in [1.54, 1.807) is 0 Å². The van der Waals surface area contributed by atoms with Gasteiger partial charge in [-0.15, -0.1) is 0 Å². The molecule has 0 radical (unpaired) electrons. The van der Waals surface area contributed by atoms with Crippen molar-refractivity contribution in [1.82, 2.24) is 14.6 Å². The first-order valence-corrected chi connectivity index (χ1v) is 6.90. The zero-order valence-corrected chi connectivity index (χ0v) is 10.4. The summed E-state index contributed by atoms with van der Waals surface area (Å²) in [5.41, 5.74) is -0.585. The van der Waals surface area contributed by atoms with Crippen LogP contribution in [0.2, 0.25) is 0 Å². The highest BCUT2D eigenvalue weighted by atomic mass is 32.2. The van der Waals surface area contributed by atoms with E-state index in [1.807, 2.05) is 0 Å². The maximum Gasteiger partial charge on any atom is 0.248 e. The lowest BCUT2D eigenvalue weighted by molar-refractivity contribution is -0.120. The molecule has 0 bridgehead atoms. The minimum Gasteiger partial charge on any atom is -0.366 e. The minimum absolute atomic E-state index is 0.218. The van der Waals surface area contributed by atoms with Crippen molar-refractivity contribution in [1.29, 1.82) is 0 Å². The number of H-pyrrole nitrogens is 1. The van der Waals surface area contributed by atoms with Gasteiger partial charge in [0.2, 0.25) is 21.4 Å². The van der Waals surface area contributed by atoms with Crippen molar-refractivity contribution in [3.8, 4) is 0 Å². The normalized spacial score (nSPS) is 18.1. The number of nitrogens with zero attached hydrogens (tertiary/aromatic N) is 1. The van der Waals surface area contributed by atoms with Crippen LogP contribution in [0.5, 0.6) is 0 Å². The van der Waals surface area contributed by atoms with Gasteiger partial charge in [-0.3, -0.25) is 9.59 Å². The van der Waals surface area contributed by atoms with Gasteiger partial charge < -0.3 is 10.3 Å². The van der Waals surface area contributed by atoms with E-state index in [0.29, 0.717) is 13.0 Å². The Bertz CT molecular complexity index is 608. The van der Waals surface area contributed by atoms with Crippen LogP contribution in [0.3, 0.4) is 0 Å². The maximum atomic E-state index is 12.2. The Labute approximate surface area is 104 Å². The highest BCUT2D eigenvalue weighted by Gasteiger charge is 2.29. The van der Waals surface area contributed by atoms with Crippen LogP contribution in [0.15, 0.2) is 28.2 Å². The van der Waals surface area contributed by atoms with Crippen LogP contribution in [0, 0.1) is 0 Å². The summed E-state index contributed by atoms with van der Waals surface area (Å²) >= 11 is 0. The van der Waals surface area contributed by atoms with E-state index in [1.165, 1.54) is 6.20 Å². The molecule has 2 rings (SSSR count). The predicted molar refractivity (Wildman–Crippen MR) is 63.4 cm³/mol. The van der Waals surface area contributed by atoms with Crippen LogP contribution in [-0.2, 0) is 14.8 Å². The SMILES string of the molecule is O=C1CN(S(=O)(=O)c2c[nH]ccc2=O)CCCN1. The Morgan fingerprint density at radius 2 is 2.06 bits per heavy atom. The molecule has 7 nitrogen and oxygen atoms in total. The molecule has 8 heteroatoms. The number of pyridine rings is 1. The van der Waals surface area contributed by atoms with E-state index in [0.717, 1.165) is 16.6 Å². The third kappa shape index (κ3) is 2.44. The number of hydrogen-bond donors (Lipinski definition) is 2. The Balaban J connectivity index is 2.39. The van der Waals surface area contributed by atoms with Crippen LogP contribution < -0.4 is 10.7 Å². The molecule has 2 heterocycles. The summed E-state index contributed by atoms with van der Waals surface area (Å²) in [6.45, 7) is 0.405. The van der Waals surface area contributed by atoms with Crippen molar-refractivity contribution in [3.05, 3.63) is 28.7 Å².